The molecule has 1 heterocycles. The summed E-state index contributed by atoms with van der Waals surface area (Å²) in [5.41, 5.74) is 6.04. The van der Waals surface area contributed by atoms with Gasteiger partial charge in [0.05, 0.1) is 6.33 Å². The summed E-state index contributed by atoms with van der Waals surface area (Å²) in [6.45, 7) is 1.27. The van der Waals surface area contributed by atoms with E-state index in [1.165, 1.54) is 32.1 Å². The van der Waals surface area contributed by atoms with Gasteiger partial charge in [-0.3, -0.25) is 4.79 Å². The SMILES string of the molecule is NCCn1cnc(C(=O)NC2CC3CC2C2CCCC32)c1. The highest BCUT2D eigenvalue weighted by molar-refractivity contribution is 5.92. The van der Waals surface area contributed by atoms with Crippen LogP contribution in [0, 0.1) is 23.7 Å². The molecular formula is C16H24N4O. The van der Waals surface area contributed by atoms with Crippen molar-refractivity contribution in [1.29, 1.82) is 0 Å². The van der Waals surface area contributed by atoms with Crippen molar-refractivity contribution in [3.8, 4) is 0 Å². The van der Waals surface area contributed by atoms with Crippen molar-refractivity contribution in [3.05, 3.63) is 18.2 Å². The molecule has 5 heteroatoms. The van der Waals surface area contributed by atoms with E-state index in [4.69, 9.17) is 5.73 Å². The van der Waals surface area contributed by atoms with E-state index in [0.29, 0.717) is 24.8 Å². The first kappa shape index (κ1) is 13.3. The van der Waals surface area contributed by atoms with Crippen LogP contribution in [0.2, 0.25) is 0 Å². The van der Waals surface area contributed by atoms with Gasteiger partial charge in [-0.25, -0.2) is 4.98 Å². The lowest BCUT2D eigenvalue weighted by molar-refractivity contribution is 0.0896. The minimum atomic E-state index is -0.0159. The Morgan fingerprint density at radius 2 is 2.19 bits per heavy atom. The standard InChI is InChI=1S/C16H24N4O/c17-4-5-20-8-15(18-9-20)16(21)19-14-7-10-6-13(14)12-3-1-2-11(10)12/h8-14H,1-7,17H2,(H,19,21). The van der Waals surface area contributed by atoms with Crippen LogP contribution in [0.3, 0.4) is 0 Å². The topological polar surface area (TPSA) is 72.9 Å². The van der Waals surface area contributed by atoms with E-state index in [1.807, 2.05) is 4.57 Å². The predicted octanol–water partition coefficient (Wildman–Crippen LogP) is 1.40. The van der Waals surface area contributed by atoms with E-state index in [-0.39, 0.29) is 5.91 Å². The number of nitrogens with two attached hydrogens (primary N) is 1. The number of hydrogen-bond acceptors (Lipinski definition) is 3. The molecule has 5 unspecified atom stereocenters. The summed E-state index contributed by atoms with van der Waals surface area (Å²) in [6.07, 6.45) is 10.2. The molecule has 114 valence electrons. The number of nitrogens with one attached hydrogen (secondary N) is 1. The van der Waals surface area contributed by atoms with Crippen LogP contribution in [0.15, 0.2) is 12.5 Å². The largest absolute Gasteiger partial charge is 0.348 e. The highest BCUT2D eigenvalue weighted by Gasteiger charge is 2.54. The number of amides is 1. The van der Waals surface area contributed by atoms with Gasteiger partial charge in [-0.15, -0.1) is 0 Å². The maximum Gasteiger partial charge on any atom is 0.271 e. The van der Waals surface area contributed by atoms with E-state index < -0.39 is 0 Å². The molecule has 0 saturated heterocycles. The molecule has 0 radical (unpaired) electrons. The third kappa shape index (κ3) is 2.18. The molecule has 0 aliphatic heterocycles. The molecule has 0 spiro atoms. The smallest absolute Gasteiger partial charge is 0.271 e. The van der Waals surface area contributed by atoms with Gasteiger partial charge in [-0.05, 0) is 49.4 Å². The second-order valence-corrected chi connectivity index (χ2v) is 7.02. The molecule has 1 amide bonds. The number of fused-ring (bicyclic) bond motifs is 5. The zero-order valence-corrected chi connectivity index (χ0v) is 12.4. The van der Waals surface area contributed by atoms with Gasteiger partial charge in [0.15, 0.2) is 0 Å². The molecule has 5 atom stereocenters. The van der Waals surface area contributed by atoms with Crippen LogP contribution in [0.5, 0.6) is 0 Å². The Morgan fingerprint density at radius 3 is 3.05 bits per heavy atom. The van der Waals surface area contributed by atoms with Crippen LogP contribution in [0.25, 0.3) is 0 Å². The zero-order valence-electron chi connectivity index (χ0n) is 12.4. The normalized spacial score (nSPS) is 36.9. The first-order valence-electron chi connectivity index (χ1n) is 8.29. The number of rotatable bonds is 4. The molecule has 0 aromatic carbocycles. The van der Waals surface area contributed by atoms with Gasteiger partial charge in [-0.1, -0.05) is 6.42 Å². The molecule has 3 aliphatic rings. The average molecular weight is 288 g/mol. The quantitative estimate of drug-likeness (QED) is 0.879. The summed E-state index contributed by atoms with van der Waals surface area (Å²) in [6, 6.07) is 0.376. The molecule has 3 aliphatic carbocycles. The second kappa shape index (κ2) is 5.13. The minimum absolute atomic E-state index is 0.0159. The molecule has 1 aromatic heterocycles. The van der Waals surface area contributed by atoms with E-state index >= 15 is 0 Å². The van der Waals surface area contributed by atoms with Crippen LogP contribution in [-0.2, 0) is 6.54 Å². The first-order valence-corrected chi connectivity index (χ1v) is 8.29. The van der Waals surface area contributed by atoms with Crippen molar-refractivity contribution < 1.29 is 4.79 Å². The predicted molar refractivity (Wildman–Crippen MR) is 79.6 cm³/mol. The summed E-state index contributed by atoms with van der Waals surface area (Å²) in [5.74, 6) is 3.41. The van der Waals surface area contributed by atoms with E-state index in [1.54, 1.807) is 12.5 Å². The van der Waals surface area contributed by atoms with Crippen molar-refractivity contribution >= 4 is 5.91 Å². The Labute approximate surface area is 125 Å². The maximum atomic E-state index is 12.4. The van der Waals surface area contributed by atoms with Crippen LogP contribution < -0.4 is 11.1 Å². The van der Waals surface area contributed by atoms with Crippen molar-refractivity contribution in [1.82, 2.24) is 14.9 Å². The second-order valence-electron chi connectivity index (χ2n) is 7.02. The van der Waals surface area contributed by atoms with Gasteiger partial charge in [0.25, 0.3) is 5.91 Å². The van der Waals surface area contributed by atoms with Gasteiger partial charge in [0.1, 0.15) is 5.69 Å². The summed E-state index contributed by atoms with van der Waals surface area (Å²) in [7, 11) is 0. The first-order chi connectivity index (χ1) is 10.3. The fourth-order valence-corrected chi connectivity index (χ4v) is 5.23. The van der Waals surface area contributed by atoms with E-state index in [2.05, 4.69) is 10.3 Å². The van der Waals surface area contributed by atoms with E-state index in [0.717, 1.165) is 23.7 Å². The number of carbonyl (C=O) groups is 1. The summed E-state index contributed by atoms with van der Waals surface area (Å²) in [5, 5.41) is 3.25. The van der Waals surface area contributed by atoms with Gasteiger partial charge < -0.3 is 15.6 Å². The summed E-state index contributed by atoms with van der Waals surface area (Å²) >= 11 is 0. The van der Waals surface area contributed by atoms with Gasteiger partial charge in [0.2, 0.25) is 0 Å². The number of hydrogen-bond donors (Lipinski definition) is 2. The zero-order chi connectivity index (χ0) is 14.4. The third-order valence-corrected chi connectivity index (χ3v) is 6.00. The highest BCUT2D eigenvalue weighted by Crippen LogP contribution is 2.58. The number of aromatic nitrogens is 2. The van der Waals surface area contributed by atoms with Gasteiger partial charge >= 0.3 is 0 Å². The molecular weight excluding hydrogens is 264 g/mol. The highest BCUT2D eigenvalue weighted by atomic mass is 16.2. The van der Waals surface area contributed by atoms with Crippen molar-refractivity contribution in [2.24, 2.45) is 29.4 Å². The molecule has 3 saturated carbocycles. The molecule has 4 rings (SSSR count). The average Bonchev–Trinajstić information content (AvgIpc) is 3.20. The molecule has 3 fully saturated rings. The molecule has 21 heavy (non-hydrogen) atoms. The monoisotopic (exact) mass is 288 g/mol. The molecule has 2 bridgehead atoms. The summed E-state index contributed by atoms with van der Waals surface area (Å²) in [4.78, 5) is 16.6. The minimum Gasteiger partial charge on any atom is -0.348 e. The van der Waals surface area contributed by atoms with Gasteiger partial charge in [0, 0.05) is 25.3 Å². The maximum absolute atomic E-state index is 12.4. The molecule has 1 aromatic rings. The lowest BCUT2D eigenvalue weighted by atomic mass is 9.79. The van der Waals surface area contributed by atoms with E-state index in [9.17, 15) is 4.79 Å². The lowest BCUT2D eigenvalue weighted by Crippen LogP contribution is -2.42. The Morgan fingerprint density at radius 1 is 1.33 bits per heavy atom. The van der Waals surface area contributed by atoms with Crippen molar-refractivity contribution in [3.63, 3.8) is 0 Å². The fraction of sp³-hybridized carbons (Fsp3) is 0.750. The van der Waals surface area contributed by atoms with Gasteiger partial charge in [-0.2, -0.15) is 0 Å². The van der Waals surface area contributed by atoms with Crippen molar-refractivity contribution in [2.45, 2.75) is 44.7 Å². The Kier molecular flexibility index (Phi) is 3.25. The Bertz CT molecular complexity index is 540. The summed E-state index contributed by atoms with van der Waals surface area (Å²) < 4.78 is 1.88. The lowest BCUT2D eigenvalue weighted by Gasteiger charge is -2.31. The van der Waals surface area contributed by atoms with Crippen LogP contribution >= 0.6 is 0 Å². The van der Waals surface area contributed by atoms with Crippen LogP contribution in [0.1, 0.15) is 42.6 Å². The number of imidazole rings is 1. The van der Waals surface area contributed by atoms with Crippen LogP contribution in [-0.4, -0.2) is 28.0 Å². The molecule has 3 N–H and O–H groups in total. The number of nitrogens with zero attached hydrogens (tertiary/aromatic N) is 2. The van der Waals surface area contributed by atoms with Crippen molar-refractivity contribution in [2.75, 3.05) is 6.54 Å². The molecule has 5 nitrogen and oxygen atoms in total. The number of carbonyl (C=O) groups excluding carboxylic acids is 1. The Balaban J connectivity index is 1.41. The third-order valence-electron chi connectivity index (χ3n) is 6.00. The Hall–Kier alpha value is -1.36. The van der Waals surface area contributed by atoms with Crippen LogP contribution in [0.4, 0.5) is 0 Å². The fourth-order valence-electron chi connectivity index (χ4n) is 5.23.